The maximum atomic E-state index is 5.20. The third-order valence-electron chi connectivity index (χ3n) is 2.83. The van der Waals surface area contributed by atoms with Crippen LogP contribution in [0.25, 0.3) is 11.6 Å². The molecule has 3 heterocycles. The second-order valence-electron chi connectivity index (χ2n) is 3.95. The lowest BCUT2D eigenvalue weighted by Crippen LogP contribution is -2.44. The number of likely N-dealkylation sites (N-methyl/N-ethyl adjacent to an activating group) is 1. The van der Waals surface area contributed by atoms with Gasteiger partial charge in [-0.15, -0.1) is 12.4 Å². The largest absolute Gasteiger partial charge is 0.332 e. The summed E-state index contributed by atoms with van der Waals surface area (Å²) in [5.41, 5.74) is 0.639. The molecule has 0 amide bonds. The Morgan fingerprint density at radius 1 is 1.56 bits per heavy atom. The summed E-state index contributed by atoms with van der Waals surface area (Å²) in [5.74, 6) is 1.13. The number of hydrogen-bond donors (Lipinski definition) is 1. The summed E-state index contributed by atoms with van der Waals surface area (Å²) in [6.07, 6.45) is 1.63. The molecule has 0 radical (unpaired) electrons. The zero-order valence-corrected chi connectivity index (χ0v) is 11.4. The van der Waals surface area contributed by atoms with Gasteiger partial charge >= 0.3 is 0 Å². The predicted molar refractivity (Wildman–Crippen MR) is 68.7 cm³/mol. The minimum atomic E-state index is 0. The van der Waals surface area contributed by atoms with Crippen LogP contribution in [0.2, 0.25) is 0 Å². The van der Waals surface area contributed by atoms with Gasteiger partial charge in [0.15, 0.2) is 11.5 Å². The van der Waals surface area contributed by atoms with Crippen LogP contribution in [0.5, 0.6) is 0 Å². The van der Waals surface area contributed by atoms with Crippen molar-refractivity contribution in [2.24, 2.45) is 0 Å². The van der Waals surface area contributed by atoms with Gasteiger partial charge in [-0.25, -0.2) is 0 Å². The van der Waals surface area contributed by atoms with E-state index in [-0.39, 0.29) is 18.4 Å². The Hall–Kier alpha value is -1.09. The highest BCUT2D eigenvalue weighted by Crippen LogP contribution is 2.21. The van der Waals surface area contributed by atoms with Crippen molar-refractivity contribution in [3.63, 3.8) is 0 Å². The molecule has 0 aromatic carbocycles. The minimum Gasteiger partial charge on any atom is -0.332 e. The molecule has 1 N–H and O–H groups in total. The van der Waals surface area contributed by atoms with Crippen LogP contribution in [-0.2, 0) is 0 Å². The van der Waals surface area contributed by atoms with E-state index in [9.17, 15) is 0 Å². The maximum absolute atomic E-state index is 5.20. The summed E-state index contributed by atoms with van der Waals surface area (Å²) in [6.45, 7) is 2.81. The molecule has 98 valence electrons. The predicted octanol–water partition coefficient (Wildman–Crippen LogP) is 0.586. The average Bonchev–Trinajstić information content (AvgIpc) is 3.00. The molecule has 1 unspecified atom stereocenters. The highest BCUT2D eigenvalue weighted by molar-refractivity contribution is 6.99. The number of nitrogens with zero attached hydrogens (tertiary/aromatic N) is 5. The van der Waals surface area contributed by atoms with E-state index in [4.69, 9.17) is 4.52 Å². The highest BCUT2D eigenvalue weighted by atomic mass is 35.5. The van der Waals surface area contributed by atoms with Gasteiger partial charge in [0.25, 0.3) is 5.89 Å². The first-order valence-corrected chi connectivity index (χ1v) is 6.10. The molecule has 3 rings (SSSR count). The zero-order chi connectivity index (χ0) is 11.7. The Kier molecular flexibility index (Phi) is 4.23. The van der Waals surface area contributed by atoms with Crippen molar-refractivity contribution in [2.75, 3.05) is 26.7 Å². The quantitative estimate of drug-likeness (QED) is 0.866. The van der Waals surface area contributed by atoms with Crippen LogP contribution in [0.4, 0.5) is 0 Å². The molecule has 2 aromatic heterocycles. The third-order valence-corrected chi connectivity index (χ3v) is 3.31. The van der Waals surface area contributed by atoms with Crippen LogP contribution in [-0.4, -0.2) is 50.5 Å². The maximum Gasteiger partial charge on any atom is 0.279 e. The molecule has 0 saturated carbocycles. The van der Waals surface area contributed by atoms with E-state index < -0.39 is 0 Å². The average molecular weight is 289 g/mol. The topological polar surface area (TPSA) is 80.0 Å². The summed E-state index contributed by atoms with van der Waals surface area (Å²) in [6, 6.07) is 0.160. The van der Waals surface area contributed by atoms with Crippen LogP contribution in [0.3, 0.4) is 0 Å². The van der Waals surface area contributed by atoms with Crippen LogP contribution < -0.4 is 5.32 Å². The molecule has 1 saturated heterocycles. The van der Waals surface area contributed by atoms with Gasteiger partial charge in [0.1, 0.15) is 0 Å². The first-order chi connectivity index (χ1) is 8.34. The van der Waals surface area contributed by atoms with Gasteiger partial charge in [-0.2, -0.15) is 13.7 Å². The molecule has 0 bridgehead atoms. The van der Waals surface area contributed by atoms with E-state index in [1.54, 1.807) is 6.20 Å². The minimum absolute atomic E-state index is 0. The number of halogens is 1. The van der Waals surface area contributed by atoms with Gasteiger partial charge in [-0.1, -0.05) is 5.16 Å². The van der Waals surface area contributed by atoms with Crippen LogP contribution in [0.15, 0.2) is 10.7 Å². The number of hydrogen-bond acceptors (Lipinski definition) is 8. The lowest BCUT2D eigenvalue weighted by Gasteiger charge is -2.30. The summed E-state index contributed by atoms with van der Waals surface area (Å²) in [5, 5.41) is 7.33. The molecule has 1 atom stereocenters. The lowest BCUT2D eigenvalue weighted by molar-refractivity contribution is 0.190. The summed E-state index contributed by atoms with van der Waals surface area (Å²) in [4.78, 5) is 6.58. The van der Waals surface area contributed by atoms with Gasteiger partial charge < -0.3 is 9.84 Å². The third kappa shape index (κ3) is 2.51. The van der Waals surface area contributed by atoms with E-state index in [1.165, 1.54) is 0 Å². The van der Waals surface area contributed by atoms with Crippen molar-refractivity contribution < 1.29 is 4.52 Å². The summed E-state index contributed by atoms with van der Waals surface area (Å²) in [7, 11) is 2.06. The Morgan fingerprint density at radius 3 is 3.17 bits per heavy atom. The molecular formula is C9H13ClN6OS. The Labute approximate surface area is 114 Å². The Bertz CT molecular complexity index is 489. The highest BCUT2D eigenvalue weighted by Gasteiger charge is 2.25. The zero-order valence-electron chi connectivity index (χ0n) is 9.74. The van der Waals surface area contributed by atoms with Crippen LogP contribution in [0, 0.1) is 0 Å². The Morgan fingerprint density at radius 2 is 2.44 bits per heavy atom. The van der Waals surface area contributed by atoms with Crippen molar-refractivity contribution in [1.29, 1.82) is 0 Å². The molecule has 1 aliphatic rings. The fraction of sp³-hybridized carbons (Fsp3) is 0.556. The second-order valence-corrected chi connectivity index (χ2v) is 4.51. The van der Waals surface area contributed by atoms with Gasteiger partial charge in [-0.05, 0) is 7.05 Å². The van der Waals surface area contributed by atoms with Crippen molar-refractivity contribution in [2.45, 2.75) is 6.04 Å². The number of piperazine rings is 1. The molecule has 1 aliphatic heterocycles. The first-order valence-electron chi connectivity index (χ1n) is 5.37. The normalized spacial score (nSPS) is 20.6. The summed E-state index contributed by atoms with van der Waals surface area (Å²) >= 11 is 1.13. The van der Waals surface area contributed by atoms with Gasteiger partial charge in [0, 0.05) is 19.6 Å². The van der Waals surface area contributed by atoms with Gasteiger partial charge in [0.2, 0.25) is 0 Å². The number of aromatic nitrogens is 4. The van der Waals surface area contributed by atoms with E-state index >= 15 is 0 Å². The molecule has 2 aromatic rings. The standard InChI is InChI=1S/C9H12N6OS.ClH/c1-15-3-2-10-5-7(15)8-12-9(16-13-8)6-4-11-17-14-6;/h4,7,10H,2-3,5H2,1H3;1H. The van der Waals surface area contributed by atoms with Crippen LogP contribution >= 0.6 is 24.1 Å². The van der Waals surface area contributed by atoms with E-state index in [2.05, 4.69) is 36.2 Å². The van der Waals surface area contributed by atoms with E-state index in [0.29, 0.717) is 17.4 Å². The molecule has 1 fully saturated rings. The SMILES string of the molecule is CN1CCNCC1c1noc(-c2cnsn2)n1.Cl. The fourth-order valence-corrected chi connectivity index (χ4v) is 2.23. The van der Waals surface area contributed by atoms with E-state index in [0.717, 1.165) is 31.4 Å². The first kappa shape index (κ1) is 13.3. The number of rotatable bonds is 2. The monoisotopic (exact) mass is 288 g/mol. The van der Waals surface area contributed by atoms with Crippen molar-refractivity contribution in [3.05, 3.63) is 12.0 Å². The summed E-state index contributed by atoms with van der Waals surface area (Å²) < 4.78 is 13.2. The number of nitrogens with one attached hydrogen (secondary N) is 1. The molecule has 18 heavy (non-hydrogen) atoms. The molecule has 0 spiro atoms. The molecule has 9 heteroatoms. The van der Waals surface area contributed by atoms with Crippen molar-refractivity contribution >= 4 is 24.1 Å². The Balaban J connectivity index is 0.00000120. The lowest BCUT2D eigenvalue weighted by atomic mass is 10.2. The molecular weight excluding hydrogens is 276 g/mol. The van der Waals surface area contributed by atoms with Crippen LogP contribution in [0.1, 0.15) is 11.9 Å². The smallest absolute Gasteiger partial charge is 0.279 e. The van der Waals surface area contributed by atoms with Gasteiger partial charge in [0.05, 0.1) is 24.0 Å². The molecule has 0 aliphatic carbocycles. The van der Waals surface area contributed by atoms with E-state index in [1.807, 2.05) is 0 Å². The van der Waals surface area contributed by atoms with Crippen molar-refractivity contribution in [3.8, 4) is 11.6 Å². The fourth-order valence-electron chi connectivity index (χ4n) is 1.83. The van der Waals surface area contributed by atoms with Gasteiger partial charge in [-0.3, -0.25) is 4.90 Å². The van der Waals surface area contributed by atoms with Crippen molar-refractivity contribution in [1.82, 2.24) is 29.1 Å². The molecule has 7 nitrogen and oxygen atoms in total. The second kappa shape index (κ2) is 5.70.